The van der Waals surface area contributed by atoms with Gasteiger partial charge < -0.3 is 9.64 Å². The van der Waals surface area contributed by atoms with E-state index in [1.54, 1.807) is 7.11 Å². The van der Waals surface area contributed by atoms with E-state index in [-0.39, 0.29) is 0 Å². The molecule has 0 spiro atoms. The molecule has 0 aliphatic heterocycles. The Kier molecular flexibility index (Phi) is 6.66. The van der Waals surface area contributed by atoms with Crippen LogP contribution in [0.3, 0.4) is 0 Å². The maximum atomic E-state index is 5.07. The minimum atomic E-state index is 0.870. The second kappa shape index (κ2) is 8.17. The number of methoxy groups -OCH3 is 1. The van der Waals surface area contributed by atoms with Crippen molar-refractivity contribution in [2.45, 2.75) is 26.2 Å². The van der Waals surface area contributed by atoms with Crippen molar-refractivity contribution >= 4 is 5.69 Å². The number of rotatable bonds is 8. The van der Waals surface area contributed by atoms with E-state index >= 15 is 0 Å². The fraction of sp³-hybridized carbons (Fsp3) is 0.571. The highest BCUT2D eigenvalue weighted by molar-refractivity contribution is 5.45. The first-order chi connectivity index (χ1) is 7.88. The summed E-state index contributed by atoms with van der Waals surface area (Å²) in [4.78, 5) is 2.45. The van der Waals surface area contributed by atoms with Crippen LogP contribution in [-0.4, -0.2) is 26.8 Å². The third kappa shape index (κ3) is 4.67. The zero-order valence-corrected chi connectivity index (χ0v) is 10.5. The van der Waals surface area contributed by atoms with E-state index in [0.717, 1.165) is 26.1 Å². The highest BCUT2D eigenvalue weighted by Gasteiger charge is 2.03. The summed E-state index contributed by atoms with van der Waals surface area (Å²) < 4.78 is 5.07. The lowest BCUT2D eigenvalue weighted by molar-refractivity contribution is 0.193. The Balaban J connectivity index is 2.41. The summed E-state index contributed by atoms with van der Waals surface area (Å²) in [5, 5.41) is 0. The molecule has 0 bridgehead atoms. The molecular formula is C14H23NO. The van der Waals surface area contributed by atoms with Crippen molar-refractivity contribution in [1.82, 2.24) is 0 Å². The van der Waals surface area contributed by atoms with Crippen molar-refractivity contribution < 1.29 is 4.74 Å². The molecular weight excluding hydrogens is 198 g/mol. The number of hydrogen-bond acceptors (Lipinski definition) is 2. The van der Waals surface area contributed by atoms with Crippen LogP contribution in [0.4, 0.5) is 5.69 Å². The quantitative estimate of drug-likeness (QED) is 0.624. The number of hydrogen-bond donors (Lipinski definition) is 0. The van der Waals surface area contributed by atoms with Gasteiger partial charge in [0.2, 0.25) is 0 Å². The molecule has 0 radical (unpaired) electrons. The number of benzene rings is 1. The number of unbranched alkanes of at least 4 members (excludes halogenated alkanes) is 1. The Morgan fingerprint density at radius 2 is 1.81 bits per heavy atom. The van der Waals surface area contributed by atoms with Gasteiger partial charge in [-0.2, -0.15) is 0 Å². The smallest absolute Gasteiger partial charge is 0.0462 e. The molecule has 2 nitrogen and oxygen atoms in total. The van der Waals surface area contributed by atoms with E-state index in [1.807, 2.05) is 0 Å². The second-order valence-electron chi connectivity index (χ2n) is 4.02. The van der Waals surface area contributed by atoms with Crippen LogP contribution in [0.5, 0.6) is 0 Å². The van der Waals surface area contributed by atoms with Gasteiger partial charge in [0.1, 0.15) is 0 Å². The van der Waals surface area contributed by atoms with Gasteiger partial charge in [-0.3, -0.25) is 0 Å². The standard InChI is InChI=1S/C14H23NO/c1-3-11-15(12-7-8-13-16-2)14-9-5-4-6-10-14/h4-6,9-10H,3,7-8,11-13H2,1-2H3. The Bertz CT molecular complexity index is 261. The van der Waals surface area contributed by atoms with Crippen LogP contribution in [-0.2, 0) is 4.74 Å². The molecule has 16 heavy (non-hydrogen) atoms. The summed E-state index contributed by atoms with van der Waals surface area (Å²) in [5.41, 5.74) is 1.33. The molecule has 0 saturated carbocycles. The van der Waals surface area contributed by atoms with Crippen LogP contribution in [0.2, 0.25) is 0 Å². The molecule has 2 heteroatoms. The van der Waals surface area contributed by atoms with Crippen LogP contribution in [0.15, 0.2) is 30.3 Å². The van der Waals surface area contributed by atoms with Crippen molar-refractivity contribution in [2.24, 2.45) is 0 Å². The maximum Gasteiger partial charge on any atom is 0.0462 e. The molecule has 0 atom stereocenters. The highest BCUT2D eigenvalue weighted by atomic mass is 16.5. The van der Waals surface area contributed by atoms with Crippen LogP contribution in [0, 0.1) is 0 Å². The number of para-hydroxylation sites is 1. The van der Waals surface area contributed by atoms with Crippen molar-refractivity contribution in [3.63, 3.8) is 0 Å². The molecule has 1 rings (SSSR count). The third-order valence-electron chi connectivity index (χ3n) is 2.64. The lowest BCUT2D eigenvalue weighted by Crippen LogP contribution is -2.25. The van der Waals surface area contributed by atoms with Crippen molar-refractivity contribution in [1.29, 1.82) is 0 Å². The second-order valence-corrected chi connectivity index (χ2v) is 4.02. The van der Waals surface area contributed by atoms with Crippen molar-refractivity contribution in [2.75, 3.05) is 31.7 Å². The van der Waals surface area contributed by atoms with Gasteiger partial charge in [-0.25, -0.2) is 0 Å². The molecule has 0 saturated heterocycles. The molecule has 0 N–H and O–H groups in total. The van der Waals surface area contributed by atoms with E-state index in [0.29, 0.717) is 0 Å². The lowest BCUT2D eigenvalue weighted by Gasteiger charge is -2.24. The van der Waals surface area contributed by atoms with Gasteiger partial charge in [-0.05, 0) is 31.4 Å². The van der Waals surface area contributed by atoms with E-state index < -0.39 is 0 Å². The maximum absolute atomic E-state index is 5.07. The van der Waals surface area contributed by atoms with Crippen LogP contribution in [0.1, 0.15) is 26.2 Å². The van der Waals surface area contributed by atoms with Crippen LogP contribution < -0.4 is 4.90 Å². The first-order valence-electron chi connectivity index (χ1n) is 6.17. The number of anilines is 1. The molecule has 0 fully saturated rings. The number of ether oxygens (including phenoxy) is 1. The molecule has 0 amide bonds. The summed E-state index contributed by atoms with van der Waals surface area (Å²) in [6, 6.07) is 10.6. The Morgan fingerprint density at radius 3 is 2.44 bits per heavy atom. The molecule has 90 valence electrons. The van der Waals surface area contributed by atoms with E-state index in [9.17, 15) is 0 Å². The zero-order valence-electron chi connectivity index (χ0n) is 10.5. The average molecular weight is 221 g/mol. The lowest BCUT2D eigenvalue weighted by atomic mass is 10.2. The van der Waals surface area contributed by atoms with Crippen LogP contribution >= 0.6 is 0 Å². The summed E-state index contributed by atoms with van der Waals surface area (Å²) in [7, 11) is 1.76. The SMILES string of the molecule is CCCN(CCCCOC)c1ccccc1. The summed E-state index contributed by atoms with van der Waals surface area (Å²) in [6.45, 7) is 5.36. The van der Waals surface area contributed by atoms with Crippen molar-refractivity contribution in [3.05, 3.63) is 30.3 Å². The van der Waals surface area contributed by atoms with Gasteiger partial charge in [0.05, 0.1) is 0 Å². The molecule has 0 aliphatic rings. The predicted octanol–water partition coefficient (Wildman–Crippen LogP) is 3.33. The van der Waals surface area contributed by atoms with Crippen LogP contribution in [0.25, 0.3) is 0 Å². The van der Waals surface area contributed by atoms with Gasteiger partial charge in [0, 0.05) is 32.5 Å². The van der Waals surface area contributed by atoms with Gasteiger partial charge >= 0.3 is 0 Å². The molecule has 0 unspecified atom stereocenters. The van der Waals surface area contributed by atoms with Gasteiger partial charge in [-0.1, -0.05) is 25.1 Å². The van der Waals surface area contributed by atoms with Gasteiger partial charge in [0.25, 0.3) is 0 Å². The monoisotopic (exact) mass is 221 g/mol. The molecule has 1 aromatic carbocycles. The first-order valence-corrected chi connectivity index (χ1v) is 6.17. The Labute approximate surface area is 99.2 Å². The Morgan fingerprint density at radius 1 is 1.06 bits per heavy atom. The van der Waals surface area contributed by atoms with Crippen molar-refractivity contribution in [3.8, 4) is 0 Å². The Hall–Kier alpha value is -1.02. The van der Waals surface area contributed by atoms with E-state index in [4.69, 9.17) is 4.74 Å². The van der Waals surface area contributed by atoms with E-state index in [2.05, 4.69) is 42.2 Å². The molecule has 0 aromatic heterocycles. The van der Waals surface area contributed by atoms with Gasteiger partial charge in [0.15, 0.2) is 0 Å². The summed E-state index contributed by atoms with van der Waals surface area (Å²) in [5.74, 6) is 0. The number of nitrogens with zero attached hydrogens (tertiary/aromatic N) is 1. The highest BCUT2D eigenvalue weighted by Crippen LogP contribution is 2.14. The topological polar surface area (TPSA) is 12.5 Å². The van der Waals surface area contributed by atoms with E-state index in [1.165, 1.54) is 18.5 Å². The average Bonchev–Trinajstić information content (AvgIpc) is 2.34. The fourth-order valence-electron chi connectivity index (χ4n) is 1.83. The molecule has 0 aliphatic carbocycles. The molecule has 1 aromatic rings. The minimum absolute atomic E-state index is 0.870. The predicted molar refractivity (Wildman–Crippen MR) is 70.1 cm³/mol. The van der Waals surface area contributed by atoms with Gasteiger partial charge in [-0.15, -0.1) is 0 Å². The molecule has 0 heterocycles. The minimum Gasteiger partial charge on any atom is -0.385 e. The normalized spacial score (nSPS) is 10.4. The third-order valence-corrected chi connectivity index (χ3v) is 2.64. The summed E-state index contributed by atoms with van der Waals surface area (Å²) in [6.07, 6.45) is 3.53. The fourth-order valence-corrected chi connectivity index (χ4v) is 1.83. The largest absolute Gasteiger partial charge is 0.385 e. The summed E-state index contributed by atoms with van der Waals surface area (Å²) >= 11 is 0. The first kappa shape index (κ1) is 13.0. The zero-order chi connectivity index (χ0) is 11.6.